The molecule has 3 unspecified atom stereocenters. The number of nitrogens with zero attached hydrogens (tertiary/aromatic N) is 2. The predicted molar refractivity (Wildman–Crippen MR) is 85.3 cm³/mol. The van der Waals surface area contributed by atoms with Crippen LogP contribution in [-0.4, -0.2) is 38.5 Å². The summed E-state index contributed by atoms with van der Waals surface area (Å²) in [5, 5.41) is 12.8. The third-order valence-corrected chi connectivity index (χ3v) is 3.89. The first-order valence-corrected chi connectivity index (χ1v) is 7.88. The summed E-state index contributed by atoms with van der Waals surface area (Å²) in [5.41, 5.74) is -0.399. The van der Waals surface area contributed by atoms with Crippen molar-refractivity contribution in [2.45, 2.75) is 70.7 Å². The van der Waals surface area contributed by atoms with E-state index in [1.807, 2.05) is 0 Å². The lowest BCUT2D eigenvalue weighted by Gasteiger charge is -2.36. The fraction of sp³-hybridized carbons (Fsp3) is 0.688. The van der Waals surface area contributed by atoms with Crippen LogP contribution in [0.4, 0.5) is 4.79 Å². The van der Waals surface area contributed by atoms with Crippen LogP contribution < -0.4 is 10.9 Å². The van der Waals surface area contributed by atoms with Crippen molar-refractivity contribution in [2.75, 3.05) is 0 Å². The Morgan fingerprint density at radius 3 is 2.78 bits per heavy atom. The smallest absolute Gasteiger partial charge is 0.407 e. The first-order valence-electron chi connectivity index (χ1n) is 7.88. The third kappa shape index (κ3) is 4.54. The Bertz CT molecular complexity index is 620. The van der Waals surface area contributed by atoms with Gasteiger partial charge in [0.1, 0.15) is 11.3 Å². The summed E-state index contributed by atoms with van der Waals surface area (Å²) in [6.45, 7) is 7.04. The van der Waals surface area contributed by atoms with E-state index in [-0.39, 0.29) is 17.6 Å². The second-order valence-corrected chi connectivity index (χ2v) is 7.01. The Morgan fingerprint density at radius 1 is 1.43 bits per heavy atom. The van der Waals surface area contributed by atoms with E-state index >= 15 is 0 Å². The van der Waals surface area contributed by atoms with Gasteiger partial charge in [-0.1, -0.05) is 0 Å². The molecule has 0 aromatic carbocycles. The lowest BCUT2D eigenvalue weighted by Crippen LogP contribution is -2.49. The number of rotatable bonds is 2. The molecule has 23 heavy (non-hydrogen) atoms. The fourth-order valence-electron chi connectivity index (χ4n) is 2.85. The van der Waals surface area contributed by atoms with Crippen molar-refractivity contribution in [3.8, 4) is 0 Å². The molecule has 0 saturated heterocycles. The lowest BCUT2D eigenvalue weighted by molar-refractivity contribution is 0.0394. The zero-order chi connectivity index (χ0) is 17.2. The standard InChI is InChI=1S/C16H25N3O4/c1-10-14(21)19(8-7-17-10)13-9-11(20)5-6-12(13)18-15(22)23-16(2,3)4/h7-8,11-13,20H,5-6,9H2,1-4H3,(H,18,22). The number of hydrogen-bond acceptors (Lipinski definition) is 5. The molecule has 1 aromatic heterocycles. The molecule has 1 fully saturated rings. The van der Waals surface area contributed by atoms with Gasteiger partial charge in [-0.05, 0) is 47.0 Å². The monoisotopic (exact) mass is 323 g/mol. The van der Waals surface area contributed by atoms with Gasteiger partial charge >= 0.3 is 6.09 Å². The van der Waals surface area contributed by atoms with Crippen molar-refractivity contribution in [3.05, 3.63) is 28.4 Å². The van der Waals surface area contributed by atoms with Gasteiger partial charge in [0.15, 0.2) is 0 Å². The van der Waals surface area contributed by atoms with Gasteiger partial charge in [-0.3, -0.25) is 9.78 Å². The number of aryl methyl sites for hydroxylation is 1. The summed E-state index contributed by atoms with van der Waals surface area (Å²) in [5.74, 6) is 0. The van der Waals surface area contributed by atoms with Crippen LogP contribution in [0.25, 0.3) is 0 Å². The molecule has 2 rings (SSSR count). The molecule has 0 radical (unpaired) electrons. The Hall–Kier alpha value is -1.89. The summed E-state index contributed by atoms with van der Waals surface area (Å²) in [4.78, 5) is 28.3. The largest absolute Gasteiger partial charge is 0.444 e. The minimum Gasteiger partial charge on any atom is -0.444 e. The van der Waals surface area contributed by atoms with Gasteiger partial charge in [0, 0.05) is 12.4 Å². The second-order valence-electron chi connectivity index (χ2n) is 7.01. The summed E-state index contributed by atoms with van der Waals surface area (Å²) < 4.78 is 6.84. The first kappa shape index (κ1) is 17.5. The van der Waals surface area contributed by atoms with E-state index in [4.69, 9.17) is 4.74 Å². The number of aromatic nitrogens is 2. The molecule has 1 aromatic rings. The Morgan fingerprint density at radius 2 is 2.13 bits per heavy atom. The van der Waals surface area contributed by atoms with Crippen molar-refractivity contribution in [1.29, 1.82) is 0 Å². The number of hydrogen-bond donors (Lipinski definition) is 2. The van der Waals surface area contributed by atoms with Crippen molar-refractivity contribution in [3.63, 3.8) is 0 Å². The minimum absolute atomic E-state index is 0.206. The summed E-state index contributed by atoms with van der Waals surface area (Å²) >= 11 is 0. The van der Waals surface area contributed by atoms with Crippen LogP contribution in [0, 0.1) is 6.92 Å². The number of ether oxygens (including phenoxy) is 1. The summed E-state index contributed by atoms with van der Waals surface area (Å²) in [6, 6.07) is -0.590. The van der Waals surface area contributed by atoms with E-state index in [1.54, 1.807) is 44.7 Å². The number of nitrogens with one attached hydrogen (secondary N) is 1. The van der Waals surface area contributed by atoms with Gasteiger partial charge in [-0.15, -0.1) is 0 Å². The van der Waals surface area contributed by atoms with E-state index in [1.165, 1.54) is 0 Å². The lowest BCUT2D eigenvalue weighted by atomic mass is 9.88. The SMILES string of the molecule is Cc1nccn(C2CC(O)CCC2NC(=O)OC(C)(C)C)c1=O. The van der Waals surface area contributed by atoms with Gasteiger partial charge in [0.2, 0.25) is 0 Å². The molecular weight excluding hydrogens is 298 g/mol. The van der Waals surface area contributed by atoms with Gasteiger partial charge in [-0.25, -0.2) is 4.79 Å². The van der Waals surface area contributed by atoms with Crippen LogP contribution in [0.2, 0.25) is 0 Å². The highest BCUT2D eigenvalue weighted by Gasteiger charge is 2.33. The average Bonchev–Trinajstić information content (AvgIpc) is 2.42. The molecule has 1 aliphatic carbocycles. The van der Waals surface area contributed by atoms with Crippen molar-refractivity contribution >= 4 is 6.09 Å². The van der Waals surface area contributed by atoms with E-state index in [9.17, 15) is 14.7 Å². The molecule has 0 spiro atoms. The third-order valence-electron chi connectivity index (χ3n) is 3.89. The van der Waals surface area contributed by atoms with Crippen LogP contribution in [0.1, 0.15) is 51.8 Å². The number of amides is 1. The number of aliphatic hydroxyl groups excluding tert-OH is 1. The van der Waals surface area contributed by atoms with Crippen LogP contribution in [-0.2, 0) is 4.74 Å². The quantitative estimate of drug-likeness (QED) is 0.861. The Kier molecular flexibility index (Phi) is 5.09. The van der Waals surface area contributed by atoms with Crippen molar-refractivity contribution < 1.29 is 14.6 Å². The van der Waals surface area contributed by atoms with E-state index in [0.29, 0.717) is 25.0 Å². The number of aliphatic hydroxyl groups is 1. The molecule has 7 heteroatoms. The van der Waals surface area contributed by atoms with Crippen LogP contribution in [0.15, 0.2) is 17.2 Å². The van der Waals surface area contributed by atoms with E-state index in [2.05, 4.69) is 10.3 Å². The van der Waals surface area contributed by atoms with Gasteiger partial charge in [0.25, 0.3) is 5.56 Å². The highest BCUT2D eigenvalue weighted by Crippen LogP contribution is 2.28. The van der Waals surface area contributed by atoms with Gasteiger partial charge < -0.3 is 19.7 Å². The average molecular weight is 323 g/mol. The minimum atomic E-state index is -0.585. The molecule has 1 saturated carbocycles. The second kappa shape index (κ2) is 6.70. The van der Waals surface area contributed by atoms with Gasteiger partial charge in [0.05, 0.1) is 18.2 Å². The predicted octanol–water partition coefficient (Wildman–Crippen LogP) is 1.53. The van der Waals surface area contributed by atoms with E-state index < -0.39 is 17.8 Å². The van der Waals surface area contributed by atoms with Crippen molar-refractivity contribution in [1.82, 2.24) is 14.9 Å². The van der Waals surface area contributed by atoms with Crippen LogP contribution in [0.5, 0.6) is 0 Å². The number of alkyl carbamates (subject to hydrolysis) is 1. The molecule has 0 bridgehead atoms. The number of carbonyl (C=O) groups is 1. The molecule has 7 nitrogen and oxygen atoms in total. The topological polar surface area (TPSA) is 93.5 Å². The van der Waals surface area contributed by atoms with Crippen LogP contribution >= 0.6 is 0 Å². The Balaban J connectivity index is 2.21. The highest BCUT2D eigenvalue weighted by molar-refractivity contribution is 5.68. The maximum Gasteiger partial charge on any atom is 0.407 e. The molecule has 1 amide bonds. The normalized spacial score (nSPS) is 25.0. The van der Waals surface area contributed by atoms with Gasteiger partial charge in [-0.2, -0.15) is 0 Å². The Labute approximate surface area is 135 Å². The maximum absolute atomic E-state index is 12.3. The fourth-order valence-corrected chi connectivity index (χ4v) is 2.85. The highest BCUT2D eigenvalue weighted by atomic mass is 16.6. The summed E-state index contributed by atoms with van der Waals surface area (Å²) in [6.07, 6.45) is 3.72. The zero-order valence-electron chi connectivity index (χ0n) is 14.1. The van der Waals surface area contributed by atoms with Crippen LogP contribution in [0.3, 0.4) is 0 Å². The zero-order valence-corrected chi connectivity index (χ0v) is 14.1. The first-order chi connectivity index (χ1) is 10.7. The molecule has 3 atom stereocenters. The molecule has 128 valence electrons. The molecule has 0 aliphatic heterocycles. The molecule has 1 aliphatic rings. The molecular formula is C16H25N3O4. The maximum atomic E-state index is 12.3. The van der Waals surface area contributed by atoms with E-state index in [0.717, 1.165) is 0 Å². The van der Waals surface area contributed by atoms with Crippen molar-refractivity contribution in [2.24, 2.45) is 0 Å². The summed E-state index contributed by atoms with van der Waals surface area (Å²) in [7, 11) is 0. The molecule has 2 N–H and O–H groups in total. The molecule has 1 heterocycles. The number of carbonyl (C=O) groups excluding carboxylic acids is 1.